The number of aromatic nitrogens is 1. The summed E-state index contributed by atoms with van der Waals surface area (Å²) in [7, 11) is -3.20. The highest BCUT2D eigenvalue weighted by atomic mass is 79.9. The van der Waals surface area contributed by atoms with Crippen molar-refractivity contribution in [2.24, 2.45) is 0 Å². The van der Waals surface area contributed by atoms with Gasteiger partial charge in [0.2, 0.25) is 0 Å². The number of rotatable bonds is 5. The maximum atomic E-state index is 12.3. The Morgan fingerprint density at radius 2 is 2.00 bits per heavy atom. The summed E-state index contributed by atoms with van der Waals surface area (Å²) in [4.78, 5) is 3.90. The summed E-state index contributed by atoms with van der Waals surface area (Å²) in [5, 5.41) is 0.515. The minimum Gasteiger partial charge on any atom is -0.305 e. The van der Waals surface area contributed by atoms with E-state index in [1.165, 1.54) is 0 Å². The van der Waals surface area contributed by atoms with Crippen LogP contribution in [-0.4, -0.2) is 18.2 Å². The summed E-state index contributed by atoms with van der Waals surface area (Å²) in [5.41, 5.74) is 0. The van der Waals surface area contributed by atoms with E-state index in [0.29, 0.717) is 23.0 Å². The number of hydrogen-bond donors (Lipinski definition) is 0. The zero-order chi connectivity index (χ0) is 11.3. The lowest BCUT2D eigenvalue weighted by molar-refractivity contribution is 0.230. The largest absolute Gasteiger partial charge is 0.362 e. The van der Waals surface area contributed by atoms with Gasteiger partial charge in [-0.15, -0.1) is 0 Å². The predicted octanol–water partition coefficient (Wildman–Crippen LogP) is 2.74. The summed E-state index contributed by atoms with van der Waals surface area (Å²) in [6.07, 6.45) is 3.13. The summed E-state index contributed by atoms with van der Waals surface area (Å²) in [6.45, 7) is 4.24. The molecule has 0 N–H and O–H groups in total. The topological polar surface area (TPSA) is 48.4 Å². The smallest absolute Gasteiger partial charge is 0.305 e. The molecule has 0 bridgehead atoms. The fraction of sp³-hybridized carbons (Fsp3) is 0.444. The molecule has 0 radical (unpaired) electrons. The summed E-state index contributed by atoms with van der Waals surface area (Å²) >= 11 is 3.28. The van der Waals surface area contributed by atoms with Crippen molar-refractivity contribution in [1.29, 1.82) is 0 Å². The van der Waals surface area contributed by atoms with Crippen LogP contribution in [0.5, 0.6) is 0 Å². The van der Waals surface area contributed by atoms with Gasteiger partial charge in [0.05, 0.1) is 23.0 Å². The lowest BCUT2D eigenvalue weighted by Crippen LogP contribution is -2.12. The minimum absolute atomic E-state index is 0.339. The average molecular weight is 294 g/mol. The Morgan fingerprint density at radius 1 is 1.40 bits per heavy atom. The van der Waals surface area contributed by atoms with Gasteiger partial charge < -0.3 is 9.05 Å². The van der Waals surface area contributed by atoms with Crippen molar-refractivity contribution in [2.75, 3.05) is 13.2 Å². The first-order valence-corrected chi connectivity index (χ1v) is 6.96. The highest BCUT2D eigenvalue weighted by Gasteiger charge is 2.28. The normalized spacial score (nSPS) is 11.7. The van der Waals surface area contributed by atoms with Gasteiger partial charge in [0.15, 0.2) is 0 Å². The van der Waals surface area contributed by atoms with Gasteiger partial charge in [0.1, 0.15) is 0 Å². The molecule has 1 aromatic heterocycles. The van der Waals surface area contributed by atoms with Gasteiger partial charge in [-0.2, -0.15) is 0 Å². The van der Waals surface area contributed by atoms with Gasteiger partial charge in [0, 0.05) is 12.4 Å². The monoisotopic (exact) mass is 293 g/mol. The quantitative estimate of drug-likeness (QED) is 0.783. The summed E-state index contributed by atoms with van der Waals surface area (Å²) < 4.78 is 23.4. The van der Waals surface area contributed by atoms with Gasteiger partial charge in [-0.25, -0.2) is 0 Å². The molecule has 0 saturated heterocycles. The van der Waals surface area contributed by atoms with Gasteiger partial charge in [-0.05, 0) is 35.8 Å². The van der Waals surface area contributed by atoms with E-state index in [-0.39, 0.29) is 0 Å². The molecule has 1 aromatic rings. The molecule has 0 fully saturated rings. The summed E-state index contributed by atoms with van der Waals surface area (Å²) in [5.74, 6) is 0. The molecular formula is C9H13BrNO3P. The highest BCUT2D eigenvalue weighted by Crippen LogP contribution is 2.48. The second kappa shape index (κ2) is 5.75. The van der Waals surface area contributed by atoms with Crippen molar-refractivity contribution in [1.82, 2.24) is 4.98 Å². The van der Waals surface area contributed by atoms with E-state index in [1.807, 2.05) is 0 Å². The molecule has 15 heavy (non-hydrogen) atoms. The molecule has 0 aromatic carbocycles. The van der Waals surface area contributed by atoms with E-state index in [0.717, 1.165) is 0 Å². The molecule has 0 spiro atoms. The molecule has 6 heteroatoms. The van der Waals surface area contributed by atoms with Crippen LogP contribution in [-0.2, 0) is 13.6 Å². The van der Waals surface area contributed by atoms with Crippen molar-refractivity contribution in [3.63, 3.8) is 0 Å². The molecule has 4 nitrogen and oxygen atoms in total. The van der Waals surface area contributed by atoms with Gasteiger partial charge in [-0.1, -0.05) is 0 Å². The van der Waals surface area contributed by atoms with E-state index in [2.05, 4.69) is 20.9 Å². The Hall–Kier alpha value is -0.220. The molecule has 1 heterocycles. The molecule has 0 aliphatic rings. The maximum absolute atomic E-state index is 12.3. The third kappa shape index (κ3) is 3.11. The standard InChI is InChI=1S/C9H13BrNO3P/c1-3-13-15(12,14-4-2)9-5-6-11-7-8(9)10/h5-7H,3-4H2,1-2H3. The first-order chi connectivity index (χ1) is 7.14. The van der Waals surface area contributed by atoms with Crippen molar-refractivity contribution in [3.05, 3.63) is 22.9 Å². The van der Waals surface area contributed by atoms with Crippen LogP contribution in [0.4, 0.5) is 0 Å². The molecule has 1 rings (SSSR count). The van der Waals surface area contributed by atoms with Crippen LogP contribution in [0.1, 0.15) is 13.8 Å². The van der Waals surface area contributed by atoms with Crippen molar-refractivity contribution < 1.29 is 13.6 Å². The fourth-order valence-electron chi connectivity index (χ4n) is 1.11. The lowest BCUT2D eigenvalue weighted by Gasteiger charge is -2.17. The second-order valence-corrected chi connectivity index (χ2v) is 5.51. The number of hydrogen-bond acceptors (Lipinski definition) is 4. The van der Waals surface area contributed by atoms with Crippen LogP contribution >= 0.6 is 23.5 Å². The molecular weight excluding hydrogens is 281 g/mol. The minimum atomic E-state index is -3.20. The maximum Gasteiger partial charge on any atom is 0.362 e. The van der Waals surface area contributed by atoms with E-state index in [1.54, 1.807) is 32.3 Å². The van der Waals surface area contributed by atoms with Gasteiger partial charge in [-0.3, -0.25) is 9.55 Å². The van der Waals surface area contributed by atoms with Crippen LogP contribution in [0, 0.1) is 0 Å². The SMILES string of the molecule is CCOP(=O)(OCC)c1ccncc1Br. The van der Waals surface area contributed by atoms with Crippen molar-refractivity contribution in [3.8, 4) is 0 Å². The second-order valence-electron chi connectivity index (χ2n) is 2.66. The first-order valence-electron chi connectivity index (χ1n) is 4.63. The third-order valence-corrected chi connectivity index (χ3v) is 4.76. The zero-order valence-electron chi connectivity index (χ0n) is 8.64. The average Bonchev–Trinajstić information content (AvgIpc) is 2.19. The Morgan fingerprint density at radius 3 is 2.47 bits per heavy atom. The van der Waals surface area contributed by atoms with E-state index in [9.17, 15) is 4.57 Å². The lowest BCUT2D eigenvalue weighted by atomic mass is 10.5. The van der Waals surface area contributed by atoms with Gasteiger partial charge in [0.25, 0.3) is 0 Å². The fourth-order valence-corrected chi connectivity index (χ4v) is 3.61. The van der Waals surface area contributed by atoms with E-state index >= 15 is 0 Å². The van der Waals surface area contributed by atoms with E-state index < -0.39 is 7.60 Å². The molecule has 84 valence electrons. The number of halogens is 1. The zero-order valence-corrected chi connectivity index (χ0v) is 11.1. The third-order valence-electron chi connectivity index (χ3n) is 1.64. The van der Waals surface area contributed by atoms with Crippen LogP contribution in [0.3, 0.4) is 0 Å². The van der Waals surface area contributed by atoms with Crippen molar-refractivity contribution >= 4 is 28.8 Å². The van der Waals surface area contributed by atoms with Crippen LogP contribution in [0.2, 0.25) is 0 Å². The summed E-state index contributed by atoms with van der Waals surface area (Å²) in [6, 6.07) is 1.64. The number of nitrogens with zero attached hydrogens (tertiary/aromatic N) is 1. The van der Waals surface area contributed by atoms with Crippen LogP contribution in [0.25, 0.3) is 0 Å². The Balaban J connectivity index is 3.09. The predicted molar refractivity (Wildman–Crippen MR) is 62.4 cm³/mol. The molecule has 0 unspecified atom stereocenters. The first kappa shape index (κ1) is 12.8. The van der Waals surface area contributed by atoms with Crippen LogP contribution < -0.4 is 5.30 Å². The molecule has 0 saturated carbocycles. The van der Waals surface area contributed by atoms with Crippen molar-refractivity contribution in [2.45, 2.75) is 13.8 Å². The highest BCUT2D eigenvalue weighted by molar-refractivity contribution is 9.10. The van der Waals surface area contributed by atoms with Crippen LogP contribution in [0.15, 0.2) is 22.9 Å². The molecule has 0 atom stereocenters. The molecule has 0 amide bonds. The van der Waals surface area contributed by atoms with Gasteiger partial charge >= 0.3 is 7.60 Å². The Kier molecular flexibility index (Phi) is 4.93. The Labute approximate surface area is 97.7 Å². The number of pyridine rings is 1. The molecule has 0 aliphatic heterocycles. The Bertz CT molecular complexity index is 362. The van der Waals surface area contributed by atoms with E-state index in [4.69, 9.17) is 9.05 Å². The molecule has 0 aliphatic carbocycles.